The fraction of sp³-hybridized carbons (Fsp3) is 0.176. The van der Waals surface area contributed by atoms with Gasteiger partial charge in [-0.2, -0.15) is 0 Å². The number of anilines is 2. The van der Waals surface area contributed by atoms with Gasteiger partial charge in [-0.3, -0.25) is 9.59 Å². The summed E-state index contributed by atoms with van der Waals surface area (Å²) in [5.74, 6) is -0.182. The number of carbonyl (C=O) groups excluding carboxylic acids is 2. The SMILES string of the molecule is O=C(Nc1ccccc1)c1ccc(Cl)c(N2CCCC2=O)c1. The van der Waals surface area contributed by atoms with Crippen molar-refractivity contribution in [1.82, 2.24) is 0 Å². The molecule has 1 heterocycles. The lowest BCUT2D eigenvalue weighted by Gasteiger charge is -2.18. The molecule has 0 atom stereocenters. The zero-order valence-electron chi connectivity index (χ0n) is 11.9. The molecule has 2 amide bonds. The van der Waals surface area contributed by atoms with E-state index in [4.69, 9.17) is 11.6 Å². The second-order valence-corrected chi connectivity index (χ2v) is 5.54. The molecule has 112 valence electrons. The van der Waals surface area contributed by atoms with Crippen molar-refractivity contribution >= 4 is 34.8 Å². The summed E-state index contributed by atoms with van der Waals surface area (Å²) in [6.07, 6.45) is 1.34. The third-order valence-electron chi connectivity index (χ3n) is 3.60. The average Bonchev–Trinajstić information content (AvgIpc) is 2.94. The van der Waals surface area contributed by atoms with Gasteiger partial charge in [0.05, 0.1) is 10.7 Å². The van der Waals surface area contributed by atoms with Gasteiger partial charge in [-0.05, 0) is 36.8 Å². The average molecular weight is 315 g/mol. The van der Waals surface area contributed by atoms with Gasteiger partial charge in [0.2, 0.25) is 5.91 Å². The summed E-state index contributed by atoms with van der Waals surface area (Å²) in [5, 5.41) is 3.30. The molecule has 0 saturated carbocycles. The van der Waals surface area contributed by atoms with Crippen LogP contribution < -0.4 is 10.2 Å². The van der Waals surface area contributed by atoms with Crippen LogP contribution in [0.3, 0.4) is 0 Å². The lowest BCUT2D eigenvalue weighted by Crippen LogP contribution is -2.24. The summed E-state index contributed by atoms with van der Waals surface area (Å²) >= 11 is 6.18. The highest BCUT2D eigenvalue weighted by atomic mass is 35.5. The van der Waals surface area contributed by atoms with Crippen molar-refractivity contribution in [2.45, 2.75) is 12.8 Å². The van der Waals surface area contributed by atoms with Crippen molar-refractivity contribution in [1.29, 1.82) is 0 Å². The van der Waals surface area contributed by atoms with E-state index in [1.165, 1.54) is 0 Å². The maximum Gasteiger partial charge on any atom is 0.255 e. The van der Waals surface area contributed by atoms with Crippen LogP contribution in [0.1, 0.15) is 23.2 Å². The number of benzene rings is 2. The second kappa shape index (κ2) is 6.20. The van der Waals surface area contributed by atoms with E-state index < -0.39 is 0 Å². The fourth-order valence-corrected chi connectivity index (χ4v) is 2.71. The lowest BCUT2D eigenvalue weighted by atomic mass is 10.1. The highest BCUT2D eigenvalue weighted by Crippen LogP contribution is 2.30. The number of halogens is 1. The molecule has 4 nitrogen and oxygen atoms in total. The number of nitrogens with one attached hydrogen (secondary N) is 1. The molecule has 0 bridgehead atoms. The smallest absolute Gasteiger partial charge is 0.255 e. The molecule has 1 N–H and O–H groups in total. The first-order chi connectivity index (χ1) is 10.6. The van der Waals surface area contributed by atoms with Gasteiger partial charge < -0.3 is 10.2 Å². The van der Waals surface area contributed by atoms with Gasteiger partial charge in [0, 0.05) is 24.2 Å². The number of para-hydroxylation sites is 1. The van der Waals surface area contributed by atoms with Crippen LogP contribution >= 0.6 is 11.6 Å². The first kappa shape index (κ1) is 14.6. The molecule has 1 saturated heterocycles. The summed E-state index contributed by atoms with van der Waals surface area (Å²) in [4.78, 5) is 25.8. The molecule has 2 aromatic rings. The molecule has 3 rings (SSSR count). The minimum Gasteiger partial charge on any atom is -0.322 e. The Kier molecular flexibility index (Phi) is 4.11. The molecule has 0 unspecified atom stereocenters. The number of carbonyl (C=O) groups is 2. The molecule has 22 heavy (non-hydrogen) atoms. The molecule has 2 aromatic carbocycles. The third kappa shape index (κ3) is 2.97. The normalized spacial score (nSPS) is 14.2. The molecule has 0 spiro atoms. The van der Waals surface area contributed by atoms with Crippen LogP contribution in [0.25, 0.3) is 0 Å². The van der Waals surface area contributed by atoms with Gasteiger partial charge in [-0.1, -0.05) is 29.8 Å². The van der Waals surface area contributed by atoms with Crippen molar-refractivity contribution in [3.63, 3.8) is 0 Å². The van der Waals surface area contributed by atoms with E-state index in [0.717, 1.165) is 12.1 Å². The number of rotatable bonds is 3. The Balaban J connectivity index is 1.85. The minimum absolute atomic E-state index is 0.0440. The Morgan fingerprint density at radius 2 is 1.91 bits per heavy atom. The van der Waals surface area contributed by atoms with Crippen LogP contribution in [0.15, 0.2) is 48.5 Å². The lowest BCUT2D eigenvalue weighted by molar-refractivity contribution is -0.117. The van der Waals surface area contributed by atoms with Crippen LogP contribution in [0.4, 0.5) is 11.4 Å². The molecule has 1 fully saturated rings. The van der Waals surface area contributed by atoms with E-state index in [1.54, 1.807) is 23.1 Å². The number of amides is 2. The Hall–Kier alpha value is -2.33. The second-order valence-electron chi connectivity index (χ2n) is 5.14. The predicted octanol–water partition coefficient (Wildman–Crippen LogP) is 3.72. The summed E-state index contributed by atoms with van der Waals surface area (Å²) in [7, 11) is 0. The maximum absolute atomic E-state index is 12.3. The highest BCUT2D eigenvalue weighted by molar-refractivity contribution is 6.34. The largest absolute Gasteiger partial charge is 0.322 e. The van der Waals surface area contributed by atoms with Crippen molar-refractivity contribution in [3.8, 4) is 0 Å². The maximum atomic E-state index is 12.3. The van der Waals surface area contributed by atoms with E-state index in [-0.39, 0.29) is 11.8 Å². The van der Waals surface area contributed by atoms with E-state index >= 15 is 0 Å². The molecular weight excluding hydrogens is 300 g/mol. The van der Waals surface area contributed by atoms with Gasteiger partial charge in [0.25, 0.3) is 5.91 Å². The first-order valence-corrected chi connectivity index (χ1v) is 7.49. The Bertz CT molecular complexity index is 716. The van der Waals surface area contributed by atoms with Crippen molar-refractivity contribution < 1.29 is 9.59 Å². The highest BCUT2D eigenvalue weighted by Gasteiger charge is 2.24. The number of hydrogen-bond acceptors (Lipinski definition) is 2. The quantitative estimate of drug-likeness (QED) is 0.938. The summed E-state index contributed by atoms with van der Waals surface area (Å²) in [6, 6.07) is 14.2. The van der Waals surface area contributed by atoms with E-state index in [1.807, 2.05) is 30.3 Å². The molecule has 0 radical (unpaired) electrons. The van der Waals surface area contributed by atoms with Crippen molar-refractivity contribution in [3.05, 3.63) is 59.1 Å². The first-order valence-electron chi connectivity index (χ1n) is 7.11. The Morgan fingerprint density at radius 1 is 1.14 bits per heavy atom. The number of nitrogens with zero attached hydrogens (tertiary/aromatic N) is 1. The molecule has 0 aromatic heterocycles. The predicted molar refractivity (Wildman–Crippen MR) is 87.4 cm³/mol. The van der Waals surface area contributed by atoms with E-state index in [2.05, 4.69) is 5.32 Å². The summed E-state index contributed by atoms with van der Waals surface area (Å²) < 4.78 is 0. The zero-order chi connectivity index (χ0) is 15.5. The fourth-order valence-electron chi connectivity index (χ4n) is 2.49. The standard InChI is InChI=1S/C17H15ClN2O2/c18-14-9-8-12(11-15(14)20-10-4-7-16(20)21)17(22)19-13-5-2-1-3-6-13/h1-3,5-6,8-9,11H,4,7,10H2,(H,19,22). The van der Waals surface area contributed by atoms with Crippen LogP contribution in [-0.2, 0) is 4.79 Å². The van der Waals surface area contributed by atoms with Crippen LogP contribution in [0.2, 0.25) is 5.02 Å². The summed E-state index contributed by atoms with van der Waals surface area (Å²) in [6.45, 7) is 0.641. The minimum atomic E-state index is -0.226. The van der Waals surface area contributed by atoms with Crippen LogP contribution in [-0.4, -0.2) is 18.4 Å². The van der Waals surface area contributed by atoms with Gasteiger partial charge in [-0.15, -0.1) is 0 Å². The van der Waals surface area contributed by atoms with Crippen LogP contribution in [0.5, 0.6) is 0 Å². The van der Waals surface area contributed by atoms with Gasteiger partial charge in [0.1, 0.15) is 0 Å². The van der Waals surface area contributed by atoms with Gasteiger partial charge in [-0.25, -0.2) is 0 Å². The molecular formula is C17H15ClN2O2. The zero-order valence-corrected chi connectivity index (χ0v) is 12.6. The third-order valence-corrected chi connectivity index (χ3v) is 3.92. The van der Waals surface area contributed by atoms with Gasteiger partial charge >= 0.3 is 0 Å². The molecule has 5 heteroatoms. The summed E-state index contributed by atoms with van der Waals surface area (Å²) in [5.41, 5.74) is 1.80. The molecule has 0 aliphatic carbocycles. The molecule has 1 aliphatic heterocycles. The Morgan fingerprint density at radius 3 is 2.59 bits per heavy atom. The monoisotopic (exact) mass is 314 g/mol. The van der Waals surface area contributed by atoms with E-state index in [9.17, 15) is 9.59 Å². The number of hydrogen-bond donors (Lipinski definition) is 1. The van der Waals surface area contributed by atoms with Crippen molar-refractivity contribution in [2.75, 3.05) is 16.8 Å². The van der Waals surface area contributed by atoms with Crippen LogP contribution in [0, 0.1) is 0 Å². The Labute approximate surface area is 133 Å². The van der Waals surface area contributed by atoms with Gasteiger partial charge in [0.15, 0.2) is 0 Å². The van der Waals surface area contributed by atoms with Crippen molar-refractivity contribution in [2.24, 2.45) is 0 Å². The molecule has 1 aliphatic rings. The topological polar surface area (TPSA) is 49.4 Å². The van der Waals surface area contributed by atoms with E-state index in [0.29, 0.717) is 29.2 Å².